The molecule has 17 heavy (non-hydrogen) atoms. The Hall–Kier alpha value is -1.89. The average Bonchev–Trinajstić information content (AvgIpc) is 2.72. The Labute approximate surface area is 94.7 Å². The maximum Gasteiger partial charge on any atom is 0.325 e. The molecule has 1 aliphatic heterocycles. The first-order valence-electron chi connectivity index (χ1n) is 4.70. The topological polar surface area (TPSA) is 81.8 Å². The fourth-order valence-corrected chi connectivity index (χ4v) is 1.56. The fourth-order valence-electron chi connectivity index (χ4n) is 1.56. The van der Waals surface area contributed by atoms with Gasteiger partial charge in [0, 0.05) is 5.56 Å². The van der Waals surface area contributed by atoms with E-state index in [-0.39, 0.29) is 23.9 Å². The average molecular weight is 245 g/mol. The number of carbonyl (C=O) groups is 1. The molecule has 92 valence electrons. The molecule has 5 nitrogen and oxygen atoms in total. The Bertz CT molecular complexity index is 464. The van der Waals surface area contributed by atoms with Crippen molar-refractivity contribution < 1.29 is 28.2 Å². The molecule has 0 saturated heterocycles. The standard InChI is InChI=1S/C10H9F2NO4/c11-9(12)5-2-7-6(16-3-17-7)1-4(5)8(13)10(14)15/h1-2,8-9H,3,13H2,(H,14,15). The van der Waals surface area contributed by atoms with E-state index in [9.17, 15) is 13.6 Å². The molecule has 1 unspecified atom stereocenters. The van der Waals surface area contributed by atoms with Gasteiger partial charge >= 0.3 is 5.97 Å². The number of alkyl halides is 2. The summed E-state index contributed by atoms with van der Waals surface area (Å²) < 4.78 is 35.5. The highest BCUT2D eigenvalue weighted by Gasteiger charge is 2.27. The van der Waals surface area contributed by atoms with Crippen LogP contribution in [0.1, 0.15) is 23.6 Å². The van der Waals surface area contributed by atoms with Crippen molar-refractivity contribution in [2.45, 2.75) is 12.5 Å². The third-order valence-corrected chi connectivity index (χ3v) is 2.41. The van der Waals surface area contributed by atoms with Crippen molar-refractivity contribution in [3.05, 3.63) is 23.3 Å². The van der Waals surface area contributed by atoms with Crippen molar-refractivity contribution in [3.63, 3.8) is 0 Å². The zero-order chi connectivity index (χ0) is 12.6. The van der Waals surface area contributed by atoms with Crippen LogP contribution in [-0.4, -0.2) is 17.9 Å². The van der Waals surface area contributed by atoms with Crippen LogP contribution in [0.4, 0.5) is 8.78 Å². The van der Waals surface area contributed by atoms with E-state index in [1.807, 2.05) is 0 Å². The number of ether oxygens (including phenoxy) is 2. The summed E-state index contributed by atoms with van der Waals surface area (Å²) in [6.07, 6.45) is -2.83. The van der Waals surface area contributed by atoms with Gasteiger partial charge in [0.2, 0.25) is 6.79 Å². The Morgan fingerprint density at radius 1 is 1.29 bits per heavy atom. The van der Waals surface area contributed by atoms with Crippen LogP contribution in [0.25, 0.3) is 0 Å². The number of nitrogens with two attached hydrogens (primary N) is 1. The molecule has 0 spiro atoms. The molecule has 0 saturated carbocycles. The predicted octanol–water partition coefficient (Wildman–Crippen LogP) is 1.44. The lowest BCUT2D eigenvalue weighted by molar-refractivity contribution is -0.138. The van der Waals surface area contributed by atoms with Gasteiger partial charge in [-0.15, -0.1) is 0 Å². The van der Waals surface area contributed by atoms with Crippen LogP contribution in [0.3, 0.4) is 0 Å². The highest BCUT2D eigenvalue weighted by molar-refractivity contribution is 5.76. The van der Waals surface area contributed by atoms with Gasteiger partial charge in [0.05, 0.1) is 0 Å². The molecule has 0 fully saturated rings. The van der Waals surface area contributed by atoms with Crippen molar-refractivity contribution in [2.24, 2.45) is 5.73 Å². The molecule has 1 aromatic carbocycles. The second-order valence-corrected chi connectivity index (χ2v) is 3.45. The van der Waals surface area contributed by atoms with Gasteiger partial charge in [-0.25, -0.2) is 8.78 Å². The van der Waals surface area contributed by atoms with E-state index in [2.05, 4.69) is 0 Å². The molecule has 0 amide bonds. The molecule has 1 aromatic rings. The van der Waals surface area contributed by atoms with Crippen molar-refractivity contribution in [2.75, 3.05) is 6.79 Å². The summed E-state index contributed by atoms with van der Waals surface area (Å²) in [4.78, 5) is 10.7. The van der Waals surface area contributed by atoms with E-state index in [4.69, 9.17) is 20.3 Å². The number of benzene rings is 1. The zero-order valence-electron chi connectivity index (χ0n) is 8.52. The van der Waals surface area contributed by atoms with Gasteiger partial charge in [-0.05, 0) is 17.7 Å². The minimum absolute atomic E-state index is 0.0796. The Morgan fingerprint density at radius 2 is 1.82 bits per heavy atom. The minimum atomic E-state index is -2.83. The number of carboxylic acid groups (broad SMARTS) is 1. The Morgan fingerprint density at radius 3 is 2.29 bits per heavy atom. The van der Waals surface area contributed by atoms with Gasteiger partial charge in [-0.3, -0.25) is 4.79 Å². The van der Waals surface area contributed by atoms with E-state index < -0.39 is 24.0 Å². The van der Waals surface area contributed by atoms with Crippen LogP contribution in [0.15, 0.2) is 12.1 Å². The van der Waals surface area contributed by atoms with E-state index in [0.29, 0.717) is 0 Å². The molecular weight excluding hydrogens is 236 g/mol. The van der Waals surface area contributed by atoms with E-state index in [0.717, 1.165) is 6.07 Å². The van der Waals surface area contributed by atoms with E-state index >= 15 is 0 Å². The largest absolute Gasteiger partial charge is 0.480 e. The van der Waals surface area contributed by atoms with Crippen LogP contribution >= 0.6 is 0 Å². The monoisotopic (exact) mass is 245 g/mol. The molecule has 7 heteroatoms. The Balaban J connectivity index is 2.52. The van der Waals surface area contributed by atoms with Crippen molar-refractivity contribution >= 4 is 5.97 Å². The lowest BCUT2D eigenvalue weighted by Gasteiger charge is -2.13. The van der Waals surface area contributed by atoms with Gasteiger partial charge in [-0.2, -0.15) is 0 Å². The summed E-state index contributed by atoms with van der Waals surface area (Å²) in [6.45, 7) is -0.0796. The second-order valence-electron chi connectivity index (χ2n) is 3.45. The first-order chi connectivity index (χ1) is 8.00. The molecule has 0 aromatic heterocycles. The quantitative estimate of drug-likeness (QED) is 0.841. The van der Waals surface area contributed by atoms with Gasteiger partial charge in [-0.1, -0.05) is 0 Å². The zero-order valence-corrected chi connectivity index (χ0v) is 8.52. The maximum atomic E-state index is 12.8. The number of halogens is 2. The maximum absolute atomic E-state index is 12.8. The van der Waals surface area contributed by atoms with Crippen molar-refractivity contribution in [3.8, 4) is 11.5 Å². The van der Waals surface area contributed by atoms with Crippen molar-refractivity contribution in [1.29, 1.82) is 0 Å². The number of rotatable bonds is 3. The molecule has 2 rings (SSSR count). The smallest absolute Gasteiger partial charge is 0.325 e. The van der Waals surface area contributed by atoms with Crippen LogP contribution in [0, 0.1) is 0 Å². The van der Waals surface area contributed by atoms with E-state index in [1.54, 1.807) is 0 Å². The summed E-state index contributed by atoms with van der Waals surface area (Å²) in [5.74, 6) is -0.992. The predicted molar refractivity (Wildman–Crippen MR) is 52.1 cm³/mol. The number of fused-ring (bicyclic) bond motifs is 1. The molecule has 0 radical (unpaired) electrons. The first-order valence-corrected chi connectivity index (χ1v) is 4.70. The SMILES string of the molecule is NC(C(=O)O)c1cc2c(cc1C(F)F)OCO2. The van der Waals surface area contributed by atoms with E-state index in [1.165, 1.54) is 6.07 Å². The number of hydrogen-bond acceptors (Lipinski definition) is 4. The second kappa shape index (κ2) is 4.17. The van der Waals surface area contributed by atoms with Crippen LogP contribution in [-0.2, 0) is 4.79 Å². The molecule has 0 bridgehead atoms. The third-order valence-electron chi connectivity index (χ3n) is 2.41. The van der Waals surface area contributed by atoms with Gasteiger partial charge < -0.3 is 20.3 Å². The minimum Gasteiger partial charge on any atom is -0.480 e. The molecule has 3 N–H and O–H groups in total. The third kappa shape index (κ3) is 2.01. The van der Waals surface area contributed by atoms with Gasteiger partial charge in [0.15, 0.2) is 11.5 Å². The number of aliphatic carboxylic acids is 1. The summed E-state index contributed by atoms with van der Waals surface area (Å²) in [6, 6.07) is 0.724. The molecule has 1 heterocycles. The fraction of sp³-hybridized carbons (Fsp3) is 0.300. The summed E-state index contributed by atoms with van der Waals surface area (Å²) in [5.41, 5.74) is 4.72. The number of hydrogen-bond donors (Lipinski definition) is 2. The van der Waals surface area contributed by atoms with Gasteiger partial charge in [0.25, 0.3) is 6.43 Å². The van der Waals surface area contributed by atoms with Crippen LogP contribution < -0.4 is 15.2 Å². The summed E-state index contributed by atoms with van der Waals surface area (Å²) in [5, 5.41) is 8.75. The first kappa shape index (κ1) is 11.6. The molecule has 1 aliphatic rings. The Kier molecular flexibility index (Phi) is 2.84. The van der Waals surface area contributed by atoms with Gasteiger partial charge in [0.1, 0.15) is 6.04 Å². The van der Waals surface area contributed by atoms with Crippen LogP contribution in [0.5, 0.6) is 11.5 Å². The number of carboxylic acids is 1. The summed E-state index contributed by atoms with van der Waals surface area (Å²) in [7, 11) is 0. The molecule has 1 atom stereocenters. The molecular formula is C10H9F2NO4. The summed E-state index contributed by atoms with van der Waals surface area (Å²) >= 11 is 0. The lowest BCUT2D eigenvalue weighted by atomic mass is 10.00. The lowest BCUT2D eigenvalue weighted by Crippen LogP contribution is -2.22. The highest BCUT2D eigenvalue weighted by atomic mass is 19.3. The highest BCUT2D eigenvalue weighted by Crippen LogP contribution is 2.39. The molecule has 0 aliphatic carbocycles. The van der Waals surface area contributed by atoms with Crippen molar-refractivity contribution in [1.82, 2.24) is 0 Å². The normalized spacial score (nSPS) is 15.1. The van der Waals surface area contributed by atoms with Crippen LogP contribution in [0.2, 0.25) is 0 Å².